The standard InChI is InChI=1S/C26H30N2O4S2/c1-3-4-10-22-19(2)25(34(31,32)28-16-14-20-8-7-15-27-18-20)17-26-23(22)13-12-21-9-5-6-11-24(21)33(26,29)30/h5-9,11,15,17-18,28H,3-4,10,12-14,16H2,1-2H3. The number of pyridine rings is 1. The molecule has 2 heterocycles. The van der Waals surface area contributed by atoms with Crippen LogP contribution in [0.2, 0.25) is 0 Å². The van der Waals surface area contributed by atoms with Crippen LogP contribution in [0.3, 0.4) is 0 Å². The van der Waals surface area contributed by atoms with E-state index in [1.165, 1.54) is 6.07 Å². The van der Waals surface area contributed by atoms with E-state index in [1.54, 1.807) is 31.5 Å². The molecule has 0 saturated carbocycles. The minimum absolute atomic E-state index is 0.0477. The van der Waals surface area contributed by atoms with Gasteiger partial charge in [0.25, 0.3) is 0 Å². The minimum Gasteiger partial charge on any atom is -0.264 e. The zero-order valence-electron chi connectivity index (χ0n) is 19.5. The van der Waals surface area contributed by atoms with Gasteiger partial charge in [0.1, 0.15) is 0 Å². The Balaban J connectivity index is 1.79. The molecule has 0 saturated heterocycles. The molecule has 0 amide bonds. The van der Waals surface area contributed by atoms with Gasteiger partial charge in [-0.2, -0.15) is 0 Å². The highest BCUT2D eigenvalue weighted by molar-refractivity contribution is 7.92. The summed E-state index contributed by atoms with van der Waals surface area (Å²) in [4.78, 5) is 4.50. The van der Waals surface area contributed by atoms with Crippen LogP contribution in [0.5, 0.6) is 0 Å². The largest absolute Gasteiger partial charge is 0.264 e. The first kappa shape index (κ1) is 24.6. The van der Waals surface area contributed by atoms with Crippen molar-refractivity contribution in [1.29, 1.82) is 0 Å². The number of fused-ring (bicyclic) bond motifs is 2. The van der Waals surface area contributed by atoms with Crippen molar-refractivity contribution >= 4 is 19.9 Å². The number of nitrogens with zero attached hydrogens (tertiary/aromatic N) is 1. The second kappa shape index (κ2) is 9.98. The van der Waals surface area contributed by atoms with Crippen LogP contribution in [0.4, 0.5) is 0 Å². The van der Waals surface area contributed by atoms with Crippen LogP contribution in [-0.4, -0.2) is 28.4 Å². The van der Waals surface area contributed by atoms with E-state index in [0.717, 1.165) is 35.1 Å². The Morgan fingerprint density at radius 3 is 2.56 bits per heavy atom. The summed E-state index contributed by atoms with van der Waals surface area (Å²) in [5.41, 5.74) is 3.95. The van der Waals surface area contributed by atoms with Gasteiger partial charge < -0.3 is 0 Å². The van der Waals surface area contributed by atoms with Gasteiger partial charge in [0.2, 0.25) is 19.9 Å². The van der Waals surface area contributed by atoms with Gasteiger partial charge in [-0.1, -0.05) is 37.6 Å². The van der Waals surface area contributed by atoms with Gasteiger partial charge in [-0.25, -0.2) is 21.6 Å². The average Bonchev–Trinajstić information content (AvgIpc) is 2.93. The maximum atomic E-state index is 13.7. The molecule has 0 spiro atoms. The molecule has 1 aliphatic rings. The summed E-state index contributed by atoms with van der Waals surface area (Å²) in [6.07, 6.45) is 7.48. The molecule has 2 aromatic carbocycles. The van der Waals surface area contributed by atoms with Crippen LogP contribution in [0.1, 0.15) is 47.6 Å². The first-order valence-corrected chi connectivity index (χ1v) is 14.6. The zero-order valence-corrected chi connectivity index (χ0v) is 21.2. The molecular formula is C26H30N2O4S2. The number of rotatable bonds is 8. The Bertz CT molecular complexity index is 1400. The molecule has 6 nitrogen and oxygen atoms in total. The van der Waals surface area contributed by atoms with E-state index >= 15 is 0 Å². The Morgan fingerprint density at radius 1 is 1.03 bits per heavy atom. The van der Waals surface area contributed by atoms with Gasteiger partial charge in [0.05, 0.1) is 14.7 Å². The van der Waals surface area contributed by atoms with Crippen molar-refractivity contribution < 1.29 is 16.8 Å². The van der Waals surface area contributed by atoms with Crippen LogP contribution in [0, 0.1) is 6.92 Å². The lowest BCUT2D eigenvalue weighted by Crippen LogP contribution is -2.27. The average molecular weight is 499 g/mol. The third kappa shape index (κ3) is 4.80. The van der Waals surface area contributed by atoms with Gasteiger partial charge in [-0.3, -0.25) is 4.98 Å². The Morgan fingerprint density at radius 2 is 1.82 bits per heavy atom. The molecule has 0 radical (unpaired) electrons. The molecule has 0 fully saturated rings. The summed E-state index contributed by atoms with van der Waals surface area (Å²) in [6, 6.07) is 12.1. The van der Waals surface area contributed by atoms with Gasteiger partial charge in [0.15, 0.2) is 0 Å². The van der Waals surface area contributed by atoms with Crippen LogP contribution in [-0.2, 0) is 45.5 Å². The lowest BCUT2D eigenvalue weighted by atomic mass is 9.93. The summed E-state index contributed by atoms with van der Waals surface area (Å²) in [6.45, 7) is 4.07. The fraction of sp³-hybridized carbons (Fsp3) is 0.346. The maximum absolute atomic E-state index is 13.7. The van der Waals surface area contributed by atoms with Crippen molar-refractivity contribution in [3.63, 3.8) is 0 Å². The summed E-state index contributed by atoms with van der Waals surface area (Å²) in [7, 11) is -7.77. The van der Waals surface area contributed by atoms with Gasteiger partial charge in [-0.05, 0) is 85.0 Å². The monoisotopic (exact) mass is 498 g/mol. The predicted octanol–water partition coefficient (Wildman–Crippen LogP) is 4.19. The molecule has 4 rings (SSSR count). The summed E-state index contributed by atoms with van der Waals surface area (Å²) < 4.78 is 56.8. The second-order valence-corrected chi connectivity index (χ2v) is 12.3. The van der Waals surface area contributed by atoms with Crippen molar-refractivity contribution in [2.45, 2.75) is 67.1 Å². The van der Waals surface area contributed by atoms with E-state index in [4.69, 9.17) is 0 Å². The zero-order chi connectivity index (χ0) is 24.3. The van der Waals surface area contributed by atoms with E-state index in [2.05, 4.69) is 16.6 Å². The molecule has 3 aromatic rings. The number of aryl methyl sites for hydroxylation is 1. The van der Waals surface area contributed by atoms with Crippen LogP contribution in [0.25, 0.3) is 0 Å². The number of aromatic nitrogens is 1. The van der Waals surface area contributed by atoms with Crippen LogP contribution >= 0.6 is 0 Å². The molecule has 180 valence electrons. The number of nitrogens with one attached hydrogen (secondary N) is 1. The third-order valence-electron chi connectivity index (χ3n) is 6.44. The van der Waals surface area contributed by atoms with Crippen molar-refractivity contribution in [3.05, 3.63) is 82.7 Å². The van der Waals surface area contributed by atoms with E-state index in [9.17, 15) is 16.8 Å². The van der Waals surface area contributed by atoms with Crippen molar-refractivity contribution in [2.24, 2.45) is 0 Å². The lowest BCUT2D eigenvalue weighted by Gasteiger charge is -2.20. The van der Waals surface area contributed by atoms with E-state index in [1.807, 2.05) is 24.3 Å². The highest BCUT2D eigenvalue weighted by atomic mass is 32.2. The van der Waals surface area contributed by atoms with Gasteiger partial charge in [-0.15, -0.1) is 0 Å². The summed E-state index contributed by atoms with van der Waals surface area (Å²) in [5.74, 6) is 0. The minimum atomic E-state index is -3.92. The Kier molecular flexibility index (Phi) is 7.21. The number of hydrogen-bond donors (Lipinski definition) is 1. The van der Waals surface area contributed by atoms with Gasteiger partial charge >= 0.3 is 0 Å². The smallest absolute Gasteiger partial charge is 0.240 e. The molecule has 34 heavy (non-hydrogen) atoms. The Labute approximate surface area is 202 Å². The molecule has 0 aliphatic carbocycles. The fourth-order valence-corrected chi connectivity index (χ4v) is 7.86. The first-order valence-electron chi connectivity index (χ1n) is 11.6. The second-order valence-electron chi connectivity index (χ2n) is 8.68. The highest BCUT2D eigenvalue weighted by Crippen LogP contribution is 2.37. The molecule has 1 N–H and O–H groups in total. The molecule has 0 bridgehead atoms. The molecule has 8 heteroatoms. The topological polar surface area (TPSA) is 93.2 Å². The van der Waals surface area contributed by atoms with Crippen molar-refractivity contribution in [3.8, 4) is 0 Å². The first-order chi connectivity index (χ1) is 16.3. The molecule has 1 aliphatic heterocycles. The Hall–Kier alpha value is -2.55. The van der Waals surface area contributed by atoms with E-state index in [0.29, 0.717) is 31.2 Å². The van der Waals surface area contributed by atoms with E-state index < -0.39 is 19.9 Å². The summed E-state index contributed by atoms with van der Waals surface area (Å²) in [5, 5.41) is 0. The summed E-state index contributed by atoms with van der Waals surface area (Å²) >= 11 is 0. The number of unbranched alkanes of at least 4 members (excludes halogenated alkanes) is 1. The van der Waals surface area contributed by atoms with E-state index in [-0.39, 0.29) is 21.2 Å². The fourth-order valence-electron chi connectivity index (χ4n) is 4.63. The van der Waals surface area contributed by atoms with Gasteiger partial charge in [0, 0.05) is 18.9 Å². The number of sulfonamides is 1. The maximum Gasteiger partial charge on any atom is 0.240 e. The number of benzene rings is 2. The molecule has 1 aromatic heterocycles. The highest BCUT2D eigenvalue weighted by Gasteiger charge is 2.32. The van der Waals surface area contributed by atoms with Crippen molar-refractivity contribution in [2.75, 3.05) is 6.54 Å². The molecular weight excluding hydrogens is 468 g/mol. The SMILES string of the molecule is CCCCc1c(C)c(S(=O)(=O)NCCc2cccnc2)cc2c1CCc1ccccc1S2(=O)=O. The van der Waals surface area contributed by atoms with Crippen LogP contribution in [0.15, 0.2) is 69.5 Å². The normalized spacial score (nSPS) is 14.8. The molecule has 0 atom stereocenters. The quantitative estimate of drug-likeness (QED) is 0.503. The number of hydrogen-bond acceptors (Lipinski definition) is 5. The third-order valence-corrected chi connectivity index (χ3v) is 9.95. The number of sulfone groups is 1. The molecule has 0 unspecified atom stereocenters. The van der Waals surface area contributed by atoms with Crippen molar-refractivity contribution in [1.82, 2.24) is 9.71 Å². The van der Waals surface area contributed by atoms with Crippen LogP contribution < -0.4 is 4.72 Å². The lowest BCUT2D eigenvalue weighted by molar-refractivity contribution is 0.579. The predicted molar refractivity (Wildman–Crippen MR) is 132 cm³/mol.